The highest BCUT2D eigenvalue weighted by atomic mass is 16.5. The molecule has 0 aromatic heterocycles. The Morgan fingerprint density at radius 3 is 2.75 bits per heavy atom. The lowest BCUT2D eigenvalue weighted by Gasteiger charge is -2.32. The van der Waals surface area contributed by atoms with Gasteiger partial charge in [0.15, 0.2) is 0 Å². The summed E-state index contributed by atoms with van der Waals surface area (Å²) in [4.78, 5) is 24.8. The van der Waals surface area contributed by atoms with Crippen LogP contribution in [0.2, 0.25) is 0 Å². The number of ether oxygens (including phenoxy) is 2. The predicted octanol–water partition coefficient (Wildman–Crippen LogP) is 2.11. The van der Waals surface area contributed by atoms with Crippen LogP contribution >= 0.6 is 0 Å². The van der Waals surface area contributed by atoms with E-state index in [1.807, 2.05) is 24.3 Å². The Hall–Kier alpha value is -2.08. The number of nitrogens with zero attached hydrogens (tertiary/aromatic N) is 1. The highest BCUT2D eigenvalue weighted by Crippen LogP contribution is 2.15. The Morgan fingerprint density at radius 1 is 1.33 bits per heavy atom. The average Bonchev–Trinajstić information content (AvgIpc) is 2.58. The maximum atomic E-state index is 12.3. The van der Waals surface area contributed by atoms with E-state index in [-0.39, 0.29) is 12.3 Å². The Morgan fingerprint density at radius 2 is 2.08 bits per heavy atom. The maximum absolute atomic E-state index is 12.3. The molecule has 1 heterocycles. The van der Waals surface area contributed by atoms with Crippen molar-refractivity contribution in [3.05, 3.63) is 29.8 Å². The number of aliphatic carboxylic acids is 1. The first kappa shape index (κ1) is 18.3. The number of aryl methyl sites for hydroxylation is 1. The van der Waals surface area contributed by atoms with Crippen molar-refractivity contribution in [1.29, 1.82) is 0 Å². The summed E-state index contributed by atoms with van der Waals surface area (Å²) >= 11 is 0. The van der Waals surface area contributed by atoms with E-state index in [1.54, 1.807) is 4.90 Å². The number of carbonyl (C=O) groups excluding carboxylic acids is 1. The number of carboxylic acids is 1. The Labute approximate surface area is 142 Å². The number of amides is 1. The van der Waals surface area contributed by atoms with Gasteiger partial charge in [0.25, 0.3) is 0 Å². The number of benzene rings is 1. The van der Waals surface area contributed by atoms with Crippen LogP contribution in [-0.4, -0.2) is 54.3 Å². The van der Waals surface area contributed by atoms with Gasteiger partial charge in [-0.25, -0.2) is 0 Å². The monoisotopic (exact) mass is 335 g/mol. The molecule has 0 radical (unpaired) electrons. The summed E-state index contributed by atoms with van der Waals surface area (Å²) < 4.78 is 10.9. The van der Waals surface area contributed by atoms with Crippen molar-refractivity contribution >= 4 is 11.9 Å². The van der Waals surface area contributed by atoms with E-state index < -0.39 is 12.1 Å². The van der Waals surface area contributed by atoms with Crippen molar-refractivity contribution in [2.75, 3.05) is 26.3 Å². The van der Waals surface area contributed by atoms with E-state index in [1.165, 1.54) is 0 Å². The molecule has 0 saturated carbocycles. The number of hydrogen-bond donors (Lipinski definition) is 1. The van der Waals surface area contributed by atoms with Crippen molar-refractivity contribution < 1.29 is 24.2 Å². The Kier molecular flexibility index (Phi) is 7.06. The zero-order valence-corrected chi connectivity index (χ0v) is 14.1. The van der Waals surface area contributed by atoms with Gasteiger partial charge in [-0.2, -0.15) is 0 Å². The van der Waals surface area contributed by atoms with Gasteiger partial charge in [0, 0.05) is 19.5 Å². The highest BCUT2D eigenvalue weighted by molar-refractivity contribution is 5.76. The van der Waals surface area contributed by atoms with E-state index in [4.69, 9.17) is 14.6 Å². The minimum Gasteiger partial charge on any atom is -0.494 e. The molecule has 0 aliphatic carbocycles. The van der Waals surface area contributed by atoms with Crippen LogP contribution in [0.15, 0.2) is 24.3 Å². The first-order chi connectivity index (χ1) is 11.6. The minimum atomic E-state index is -0.903. The van der Waals surface area contributed by atoms with Gasteiger partial charge < -0.3 is 19.5 Å². The molecule has 1 aliphatic rings. The molecule has 0 spiro atoms. The van der Waals surface area contributed by atoms with Crippen LogP contribution in [0.1, 0.15) is 31.7 Å². The molecular weight excluding hydrogens is 310 g/mol. The lowest BCUT2D eigenvalue weighted by Crippen LogP contribution is -2.46. The molecule has 2 rings (SSSR count). The fourth-order valence-corrected chi connectivity index (χ4v) is 2.65. The summed E-state index contributed by atoms with van der Waals surface area (Å²) in [6.07, 6.45) is 1.57. The molecule has 1 aromatic rings. The zero-order chi connectivity index (χ0) is 17.4. The molecule has 0 bridgehead atoms. The van der Waals surface area contributed by atoms with Crippen LogP contribution < -0.4 is 4.74 Å². The van der Waals surface area contributed by atoms with Gasteiger partial charge in [-0.3, -0.25) is 9.59 Å². The van der Waals surface area contributed by atoms with E-state index in [9.17, 15) is 9.59 Å². The lowest BCUT2D eigenvalue weighted by atomic mass is 10.1. The van der Waals surface area contributed by atoms with Crippen molar-refractivity contribution in [2.24, 2.45) is 0 Å². The van der Waals surface area contributed by atoms with Crippen LogP contribution in [0, 0.1) is 0 Å². The molecule has 6 heteroatoms. The van der Waals surface area contributed by atoms with E-state index in [0.717, 1.165) is 17.7 Å². The first-order valence-electron chi connectivity index (χ1n) is 8.41. The molecule has 0 unspecified atom stereocenters. The quantitative estimate of drug-likeness (QED) is 0.787. The highest BCUT2D eigenvalue weighted by Gasteiger charge is 2.25. The number of carboxylic acid groups (broad SMARTS) is 1. The van der Waals surface area contributed by atoms with Gasteiger partial charge in [0.1, 0.15) is 5.75 Å². The second kappa shape index (κ2) is 9.27. The normalized spacial score (nSPS) is 17.5. The van der Waals surface area contributed by atoms with Crippen molar-refractivity contribution in [3.63, 3.8) is 0 Å². The molecule has 6 nitrogen and oxygen atoms in total. The summed E-state index contributed by atoms with van der Waals surface area (Å²) in [6, 6.07) is 7.80. The molecule has 1 aromatic carbocycles. The molecule has 1 aliphatic heterocycles. The molecule has 132 valence electrons. The zero-order valence-electron chi connectivity index (χ0n) is 14.1. The van der Waals surface area contributed by atoms with Crippen LogP contribution in [0.4, 0.5) is 0 Å². The Bertz CT molecular complexity index is 543. The predicted molar refractivity (Wildman–Crippen MR) is 89.1 cm³/mol. The van der Waals surface area contributed by atoms with Gasteiger partial charge in [0.05, 0.1) is 25.7 Å². The summed E-state index contributed by atoms with van der Waals surface area (Å²) in [6.45, 7) is 4.04. The second-order valence-electron chi connectivity index (χ2n) is 5.92. The van der Waals surface area contributed by atoms with Crippen LogP contribution in [-0.2, 0) is 20.7 Å². The fourth-order valence-electron chi connectivity index (χ4n) is 2.65. The van der Waals surface area contributed by atoms with Gasteiger partial charge >= 0.3 is 5.97 Å². The standard InChI is InChI=1S/C18H25NO5/c1-2-10-23-15-6-3-14(4-7-15)5-8-17(20)19-9-11-24-16(13-19)12-18(21)22/h3-4,6-7,16H,2,5,8-13H2,1H3,(H,21,22)/t16-/m1/s1. The van der Waals surface area contributed by atoms with E-state index in [0.29, 0.717) is 39.1 Å². The third-order valence-corrected chi connectivity index (χ3v) is 3.92. The molecule has 1 saturated heterocycles. The topological polar surface area (TPSA) is 76.1 Å². The number of carbonyl (C=O) groups is 2. The number of morpholine rings is 1. The van der Waals surface area contributed by atoms with Crippen molar-refractivity contribution in [1.82, 2.24) is 4.90 Å². The smallest absolute Gasteiger partial charge is 0.306 e. The lowest BCUT2D eigenvalue weighted by molar-refractivity contribution is -0.147. The molecule has 1 amide bonds. The van der Waals surface area contributed by atoms with Gasteiger partial charge in [-0.05, 0) is 30.5 Å². The number of hydrogen-bond acceptors (Lipinski definition) is 4. The fraction of sp³-hybridized carbons (Fsp3) is 0.556. The second-order valence-corrected chi connectivity index (χ2v) is 5.92. The van der Waals surface area contributed by atoms with Gasteiger partial charge in [0.2, 0.25) is 5.91 Å². The van der Waals surface area contributed by atoms with Crippen LogP contribution in [0.3, 0.4) is 0 Å². The van der Waals surface area contributed by atoms with Crippen LogP contribution in [0.25, 0.3) is 0 Å². The van der Waals surface area contributed by atoms with Crippen molar-refractivity contribution in [2.45, 2.75) is 38.7 Å². The summed E-state index contributed by atoms with van der Waals surface area (Å²) in [5, 5.41) is 8.83. The average molecular weight is 335 g/mol. The molecule has 1 atom stereocenters. The molecular formula is C18H25NO5. The van der Waals surface area contributed by atoms with Crippen molar-refractivity contribution in [3.8, 4) is 5.75 Å². The van der Waals surface area contributed by atoms with E-state index in [2.05, 4.69) is 6.92 Å². The first-order valence-corrected chi connectivity index (χ1v) is 8.41. The number of rotatable bonds is 8. The summed E-state index contributed by atoms with van der Waals surface area (Å²) in [7, 11) is 0. The van der Waals surface area contributed by atoms with Gasteiger partial charge in [-0.1, -0.05) is 19.1 Å². The molecule has 24 heavy (non-hydrogen) atoms. The third-order valence-electron chi connectivity index (χ3n) is 3.92. The Balaban J connectivity index is 1.78. The van der Waals surface area contributed by atoms with Crippen LogP contribution in [0.5, 0.6) is 5.75 Å². The maximum Gasteiger partial charge on any atom is 0.306 e. The SMILES string of the molecule is CCCOc1ccc(CCC(=O)N2CCO[C@H](CC(=O)O)C2)cc1. The summed E-state index contributed by atoms with van der Waals surface area (Å²) in [5.74, 6) is -0.0173. The van der Waals surface area contributed by atoms with E-state index >= 15 is 0 Å². The molecule has 1 N–H and O–H groups in total. The molecule has 1 fully saturated rings. The van der Waals surface area contributed by atoms with Gasteiger partial charge in [-0.15, -0.1) is 0 Å². The summed E-state index contributed by atoms with van der Waals surface area (Å²) in [5.41, 5.74) is 1.09. The minimum absolute atomic E-state index is 0.0417. The largest absolute Gasteiger partial charge is 0.494 e. The third kappa shape index (κ3) is 5.85.